The van der Waals surface area contributed by atoms with Crippen LogP contribution in [0.3, 0.4) is 0 Å². The van der Waals surface area contributed by atoms with E-state index in [1.54, 1.807) is 0 Å². The minimum absolute atomic E-state index is 0.0862. The Morgan fingerprint density at radius 2 is 1.81 bits per heavy atom. The molecule has 86 valence electrons. The van der Waals surface area contributed by atoms with E-state index in [2.05, 4.69) is 19.6 Å². The van der Waals surface area contributed by atoms with E-state index in [1.807, 2.05) is 0 Å². The van der Waals surface area contributed by atoms with Crippen molar-refractivity contribution in [1.82, 2.24) is 0 Å². The first-order valence-electron chi connectivity index (χ1n) is 6.20. The van der Waals surface area contributed by atoms with E-state index in [4.69, 9.17) is 0 Å². The van der Waals surface area contributed by atoms with Crippen LogP contribution in [-0.4, -0.2) is 19.6 Å². The molecule has 0 amide bonds. The highest BCUT2D eigenvalue weighted by Crippen LogP contribution is 2.65. The lowest BCUT2D eigenvalue weighted by Gasteiger charge is -2.19. The van der Waals surface area contributed by atoms with Gasteiger partial charge in [0.25, 0.3) is 0 Å². The number of rotatable bonds is 1. The zero-order chi connectivity index (χ0) is 11.7. The molecule has 2 fully saturated rings. The molecule has 3 rings (SSSR count). The first-order chi connectivity index (χ1) is 7.38. The van der Waals surface area contributed by atoms with E-state index in [1.165, 1.54) is 0 Å². The molecule has 3 aliphatic carbocycles. The summed E-state index contributed by atoms with van der Waals surface area (Å²) < 4.78 is 0. The van der Waals surface area contributed by atoms with E-state index in [-0.39, 0.29) is 11.2 Å². The number of Topliss-reactive ketones (excluding diaryl/α,β-unsaturated/α-hetero) is 2. The molecule has 16 heavy (non-hydrogen) atoms. The van der Waals surface area contributed by atoms with Crippen LogP contribution in [0.2, 0.25) is 19.6 Å². The van der Waals surface area contributed by atoms with Crippen molar-refractivity contribution < 1.29 is 9.59 Å². The van der Waals surface area contributed by atoms with Gasteiger partial charge in [0.2, 0.25) is 0 Å². The molecule has 1 unspecified atom stereocenters. The number of hydrogen-bond donors (Lipinski definition) is 0. The van der Waals surface area contributed by atoms with Gasteiger partial charge in [-0.2, -0.15) is 0 Å². The molecule has 0 aromatic carbocycles. The van der Waals surface area contributed by atoms with Gasteiger partial charge < -0.3 is 0 Å². The Bertz CT molecular complexity index is 435. The molecule has 3 aliphatic rings. The lowest BCUT2D eigenvalue weighted by Crippen LogP contribution is -2.31. The Morgan fingerprint density at radius 1 is 1.19 bits per heavy atom. The average molecular weight is 234 g/mol. The lowest BCUT2D eigenvalue weighted by molar-refractivity contribution is -0.120. The van der Waals surface area contributed by atoms with Crippen molar-refractivity contribution in [2.75, 3.05) is 0 Å². The first kappa shape index (κ1) is 10.5. The molecule has 0 saturated heterocycles. The Balaban J connectivity index is 2.19. The molecule has 1 spiro atoms. The Kier molecular flexibility index (Phi) is 1.80. The molecule has 0 aliphatic heterocycles. The Labute approximate surface area is 97.1 Å². The number of allylic oxidation sites excluding steroid dienone is 2. The smallest absolute Gasteiger partial charge is 0.162 e. The van der Waals surface area contributed by atoms with Crippen LogP contribution in [-0.2, 0) is 9.59 Å². The second-order valence-electron chi connectivity index (χ2n) is 6.54. The molecular weight excluding hydrogens is 216 g/mol. The molecule has 2 saturated carbocycles. The largest absolute Gasteiger partial charge is 0.295 e. The van der Waals surface area contributed by atoms with Gasteiger partial charge in [-0.05, 0) is 24.5 Å². The summed E-state index contributed by atoms with van der Waals surface area (Å²) in [5, 5.41) is 0.998. The number of ketones is 2. The van der Waals surface area contributed by atoms with Gasteiger partial charge in [-0.1, -0.05) is 19.6 Å². The minimum atomic E-state index is -1.65. The van der Waals surface area contributed by atoms with Crippen molar-refractivity contribution in [2.45, 2.75) is 45.3 Å². The zero-order valence-corrected chi connectivity index (χ0v) is 11.2. The first-order valence-corrected chi connectivity index (χ1v) is 9.70. The molecule has 0 bridgehead atoms. The highest BCUT2D eigenvalue weighted by molar-refractivity contribution is 6.88. The third-order valence-corrected chi connectivity index (χ3v) is 6.46. The summed E-state index contributed by atoms with van der Waals surface area (Å²) in [6.45, 7) is 6.58. The number of fused-ring (bicyclic) bond motifs is 2. The second kappa shape index (κ2) is 2.75. The van der Waals surface area contributed by atoms with Crippen LogP contribution in [0.1, 0.15) is 25.7 Å². The standard InChI is InChI=1S/C13H18O2Si/c1-16(2,3)11-10-8(4-5-9(10)14)13(6-7-13)12(11)15/h8H,4-7H2,1-3H3. The van der Waals surface area contributed by atoms with Crippen molar-refractivity contribution in [1.29, 1.82) is 0 Å². The maximum absolute atomic E-state index is 12.5. The molecule has 0 heterocycles. The van der Waals surface area contributed by atoms with E-state index < -0.39 is 8.07 Å². The van der Waals surface area contributed by atoms with E-state index >= 15 is 0 Å². The summed E-state index contributed by atoms with van der Waals surface area (Å²) in [5.41, 5.74) is 0.888. The maximum Gasteiger partial charge on any atom is 0.162 e. The van der Waals surface area contributed by atoms with Crippen molar-refractivity contribution in [2.24, 2.45) is 11.3 Å². The molecule has 3 heteroatoms. The summed E-state index contributed by atoms with van der Waals surface area (Å²) in [7, 11) is -1.65. The molecule has 0 N–H and O–H groups in total. The summed E-state index contributed by atoms with van der Waals surface area (Å²) in [6, 6.07) is 0. The SMILES string of the molecule is C[Si](C)(C)C1=C2C(=O)CCC2C2(CC2)C1=O. The average Bonchev–Trinajstić information content (AvgIpc) is 2.81. The van der Waals surface area contributed by atoms with Gasteiger partial charge in [0.05, 0.1) is 8.07 Å². The van der Waals surface area contributed by atoms with Gasteiger partial charge in [0.1, 0.15) is 0 Å². The van der Waals surface area contributed by atoms with Gasteiger partial charge in [-0.25, -0.2) is 0 Å². The van der Waals surface area contributed by atoms with E-state index in [0.29, 0.717) is 18.1 Å². The van der Waals surface area contributed by atoms with Crippen LogP contribution in [0.5, 0.6) is 0 Å². The normalized spacial score (nSPS) is 31.6. The fourth-order valence-corrected chi connectivity index (χ4v) is 5.65. The Hall–Kier alpha value is -0.703. The monoisotopic (exact) mass is 234 g/mol. The predicted molar refractivity (Wildman–Crippen MR) is 64.8 cm³/mol. The second-order valence-corrected chi connectivity index (χ2v) is 11.5. The highest BCUT2D eigenvalue weighted by Gasteiger charge is 2.65. The summed E-state index contributed by atoms with van der Waals surface area (Å²) in [4.78, 5) is 24.5. The number of hydrogen-bond acceptors (Lipinski definition) is 2. The summed E-state index contributed by atoms with van der Waals surface area (Å²) >= 11 is 0. The van der Waals surface area contributed by atoms with Crippen molar-refractivity contribution in [3.8, 4) is 0 Å². The van der Waals surface area contributed by atoms with Crippen LogP contribution in [0, 0.1) is 11.3 Å². The summed E-state index contributed by atoms with van der Waals surface area (Å²) in [6.07, 6.45) is 3.68. The zero-order valence-electron chi connectivity index (χ0n) is 10.2. The van der Waals surface area contributed by atoms with Crippen molar-refractivity contribution in [3.63, 3.8) is 0 Å². The van der Waals surface area contributed by atoms with Crippen molar-refractivity contribution in [3.05, 3.63) is 10.8 Å². The maximum atomic E-state index is 12.5. The predicted octanol–water partition coefficient (Wildman–Crippen LogP) is 2.50. The molecule has 0 aromatic rings. The lowest BCUT2D eigenvalue weighted by atomic mass is 9.89. The highest BCUT2D eigenvalue weighted by atomic mass is 28.3. The molecule has 0 aromatic heterocycles. The van der Waals surface area contributed by atoms with Gasteiger partial charge in [-0.15, -0.1) is 0 Å². The van der Waals surface area contributed by atoms with Crippen LogP contribution >= 0.6 is 0 Å². The molecule has 2 nitrogen and oxygen atoms in total. The molecule has 0 radical (unpaired) electrons. The summed E-state index contributed by atoms with van der Waals surface area (Å²) in [5.74, 6) is 0.952. The van der Waals surface area contributed by atoms with Crippen LogP contribution in [0.15, 0.2) is 10.8 Å². The Morgan fingerprint density at radius 3 is 2.31 bits per heavy atom. The van der Waals surface area contributed by atoms with Gasteiger partial charge >= 0.3 is 0 Å². The van der Waals surface area contributed by atoms with Gasteiger partial charge in [-0.3, -0.25) is 9.59 Å². The molecular formula is C13H18O2Si. The van der Waals surface area contributed by atoms with E-state index in [0.717, 1.165) is 30.0 Å². The van der Waals surface area contributed by atoms with Gasteiger partial charge in [0, 0.05) is 23.3 Å². The number of carbonyl (C=O) groups is 2. The fourth-order valence-electron chi connectivity index (χ4n) is 3.60. The van der Waals surface area contributed by atoms with Crippen molar-refractivity contribution >= 4 is 19.6 Å². The van der Waals surface area contributed by atoms with Gasteiger partial charge in [0.15, 0.2) is 11.6 Å². The van der Waals surface area contributed by atoms with Crippen LogP contribution in [0.25, 0.3) is 0 Å². The van der Waals surface area contributed by atoms with E-state index in [9.17, 15) is 9.59 Å². The minimum Gasteiger partial charge on any atom is -0.295 e. The van der Waals surface area contributed by atoms with Crippen LogP contribution < -0.4 is 0 Å². The third-order valence-electron chi connectivity index (χ3n) is 4.46. The topological polar surface area (TPSA) is 34.1 Å². The molecule has 1 atom stereocenters. The third kappa shape index (κ3) is 1.07. The van der Waals surface area contributed by atoms with Crippen LogP contribution in [0.4, 0.5) is 0 Å². The fraction of sp³-hybridized carbons (Fsp3) is 0.692. The quantitative estimate of drug-likeness (QED) is 0.653. The number of carbonyl (C=O) groups excluding carboxylic acids is 2.